The van der Waals surface area contributed by atoms with Gasteiger partial charge in [-0.15, -0.1) is 0 Å². The van der Waals surface area contributed by atoms with Gasteiger partial charge in [-0.1, -0.05) is 0 Å². The zero-order valence-corrected chi connectivity index (χ0v) is 13.8. The van der Waals surface area contributed by atoms with E-state index < -0.39 is 5.97 Å². The molecule has 23 heavy (non-hydrogen) atoms. The average molecular weight is 319 g/mol. The van der Waals surface area contributed by atoms with E-state index in [0.29, 0.717) is 13.1 Å². The summed E-state index contributed by atoms with van der Waals surface area (Å²) in [5, 5.41) is 17.5. The normalized spacial score (nSPS) is 10.8. The van der Waals surface area contributed by atoms with Crippen molar-refractivity contribution in [1.82, 2.24) is 24.5 Å². The van der Waals surface area contributed by atoms with Crippen LogP contribution in [0.5, 0.6) is 0 Å². The number of aromatic carboxylic acids is 1. The van der Waals surface area contributed by atoms with Crippen molar-refractivity contribution in [3.8, 4) is 0 Å². The summed E-state index contributed by atoms with van der Waals surface area (Å²) in [5.41, 5.74) is 1.81. The molecule has 0 fully saturated rings. The first-order chi connectivity index (χ1) is 10.9. The molecular formula is C15H21N5O3. The van der Waals surface area contributed by atoms with Crippen molar-refractivity contribution >= 4 is 11.9 Å². The van der Waals surface area contributed by atoms with E-state index in [1.165, 1.54) is 17.9 Å². The highest BCUT2D eigenvalue weighted by Crippen LogP contribution is 2.15. The third kappa shape index (κ3) is 3.25. The minimum Gasteiger partial charge on any atom is -0.477 e. The van der Waals surface area contributed by atoms with Gasteiger partial charge in [-0.3, -0.25) is 14.2 Å². The van der Waals surface area contributed by atoms with Crippen LogP contribution in [0.25, 0.3) is 0 Å². The van der Waals surface area contributed by atoms with Crippen LogP contribution in [-0.4, -0.2) is 48.0 Å². The largest absolute Gasteiger partial charge is 0.477 e. The SMILES string of the molecule is CCN(Cc1cn(CC)nc1C)C(=O)c1cnn(C)c1C(=O)O. The third-order valence-electron chi connectivity index (χ3n) is 3.77. The van der Waals surface area contributed by atoms with Crippen LogP contribution in [0.2, 0.25) is 0 Å². The zero-order chi connectivity index (χ0) is 17.1. The van der Waals surface area contributed by atoms with Crippen LogP contribution in [0, 0.1) is 6.92 Å². The first kappa shape index (κ1) is 16.7. The number of aromatic nitrogens is 4. The minimum absolute atomic E-state index is 0.0994. The van der Waals surface area contributed by atoms with Crippen molar-refractivity contribution in [2.24, 2.45) is 7.05 Å². The van der Waals surface area contributed by atoms with E-state index in [-0.39, 0.29) is 17.2 Å². The van der Waals surface area contributed by atoms with E-state index in [2.05, 4.69) is 10.2 Å². The molecule has 1 N–H and O–H groups in total. The Morgan fingerprint density at radius 3 is 2.57 bits per heavy atom. The molecule has 0 atom stereocenters. The Bertz CT molecular complexity index is 732. The number of carbonyl (C=O) groups is 2. The Balaban J connectivity index is 2.28. The van der Waals surface area contributed by atoms with Gasteiger partial charge >= 0.3 is 5.97 Å². The van der Waals surface area contributed by atoms with Gasteiger partial charge in [-0.25, -0.2) is 4.79 Å². The molecule has 2 rings (SSSR count). The fourth-order valence-corrected chi connectivity index (χ4v) is 2.43. The number of carbonyl (C=O) groups excluding carboxylic acids is 1. The summed E-state index contributed by atoms with van der Waals surface area (Å²) in [6, 6.07) is 0. The highest BCUT2D eigenvalue weighted by Gasteiger charge is 2.25. The van der Waals surface area contributed by atoms with Gasteiger partial charge in [0.15, 0.2) is 5.69 Å². The standard InChI is InChI=1S/C15H21N5O3/c1-5-19(8-11-9-20(6-2)17-10(11)3)14(21)12-7-16-18(4)13(12)15(22)23/h7,9H,5-6,8H2,1-4H3,(H,22,23). The summed E-state index contributed by atoms with van der Waals surface area (Å²) in [6.07, 6.45) is 3.21. The number of hydrogen-bond acceptors (Lipinski definition) is 4. The van der Waals surface area contributed by atoms with Gasteiger partial charge in [-0.2, -0.15) is 10.2 Å². The summed E-state index contributed by atoms with van der Waals surface area (Å²) in [4.78, 5) is 25.6. The van der Waals surface area contributed by atoms with Crippen LogP contribution in [0.4, 0.5) is 0 Å². The first-order valence-corrected chi connectivity index (χ1v) is 7.46. The summed E-state index contributed by atoms with van der Waals surface area (Å²) >= 11 is 0. The van der Waals surface area contributed by atoms with Gasteiger partial charge < -0.3 is 10.0 Å². The van der Waals surface area contributed by atoms with E-state index in [4.69, 9.17) is 0 Å². The Morgan fingerprint density at radius 1 is 1.35 bits per heavy atom. The lowest BCUT2D eigenvalue weighted by molar-refractivity contribution is 0.0664. The molecule has 2 heterocycles. The molecule has 0 aliphatic heterocycles. The number of hydrogen-bond donors (Lipinski definition) is 1. The van der Waals surface area contributed by atoms with Crippen molar-refractivity contribution < 1.29 is 14.7 Å². The second-order valence-corrected chi connectivity index (χ2v) is 5.25. The van der Waals surface area contributed by atoms with Gasteiger partial charge in [0.05, 0.1) is 17.5 Å². The number of carboxylic acid groups (broad SMARTS) is 1. The summed E-state index contributed by atoms with van der Waals surface area (Å²) < 4.78 is 3.01. The Labute approximate surface area is 134 Å². The predicted octanol–water partition coefficient (Wildman–Crippen LogP) is 1.31. The molecule has 124 valence electrons. The van der Waals surface area contributed by atoms with Crippen LogP contribution in [0.1, 0.15) is 46.0 Å². The Kier molecular flexibility index (Phi) is 4.83. The zero-order valence-electron chi connectivity index (χ0n) is 13.8. The molecule has 2 aromatic rings. The number of amides is 1. The minimum atomic E-state index is -1.17. The molecule has 0 aliphatic carbocycles. The fraction of sp³-hybridized carbons (Fsp3) is 0.467. The van der Waals surface area contributed by atoms with E-state index in [1.54, 1.807) is 4.90 Å². The van der Waals surface area contributed by atoms with Gasteiger partial charge in [0, 0.05) is 38.4 Å². The molecular weight excluding hydrogens is 298 g/mol. The smallest absolute Gasteiger partial charge is 0.354 e. The van der Waals surface area contributed by atoms with Crippen LogP contribution >= 0.6 is 0 Å². The number of aryl methyl sites for hydroxylation is 3. The number of carboxylic acids is 1. The molecule has 0 saturated carbocycles. The van der Waals surface area contributed by atoms with Crippen molar-refractivity contribution in [3.05, 3.63) is 34.9 Å². The molecule has 0 radical (unpaired) electrons. The lowest BCUT2D eigenvalue weighted by Gasteiger charge is -2.20. The van der Waals surface area contributed by atoms with Gasteiger partial charge in [0.2, 0.25) is 0 Å². The summed E-state index contributed by atoms with van der Waals surface area (Å²) in [5.74, 6) is -1.51. The molecule has 0 bridgehead atoms. The molecule has 8 heteroatoms. The maximum atomic E-state index is 12.7. The number of nitrogens with zero attached hydrogens (tertiary/aromatic N) is 5. The fourth-order valence-electron chi connectivity index (χ4n) is 2.43. The second-order valence-electron chi connectivity index (χ2n) is 5.25. The second kappa shape index (κ2) is 6.64. The molecule has 1 amide bonds. The van der Waals surface area contributed by atoms with E-state index in [1.807, 2.05) is 31.6 Å². The van der Waals surface area contributed by atoms with E-state index in [0.717, 1.165) is 17.8 Å². The molecule has 0 spiro atoms. The van der Waals surface area contributed by atoms with Gasteiger partial charge in [-0.05, 0) is 20.8 Å². The Morgan fingerprint density at radius 2 is 2.04 bits per heavy atom. The number of rotatable bonds is 6. The van der Waals surface area contributed by atoms with Gasteiger partial charge in [0.25, 0.3) is 5.91 Å². The molecule has 0 aliphatic rings. The summed E-state index contributed by atoms with van der Waals surface area (Å²) in [7, 11) is 1.51. The maximum Gasteiger partial charge on any atom is 0.354 e. The third-order valence-corrected chi connectivity index (χ3v) is 3.77. The van der Waals surface area contributed by atoms with Gasteiger partial charge in [0.1, 0.15) is 0 Å². The quantitative estimate of drug-likeness (QED) is 0.866. The van der Waals surface area contributed by atoms with E-state index in [9.17, 15) is 14.7 Å². The topological polar surface area (TPSA) is 93.3 Å². The van der Waals surface area contributed by atoms with Crippen molar-refractivity contribution in [3.63, 3.8) is 0 Å². The average Bonchev–Trinajstić information content (AvgIpc) is 3.07. The molecule has 0 unspecified atom stereocenters. The molecule has 0 aromatic carbocycles. The Hall–Kier alpha value is -2.64. The van der Waals surface area contributed by atoms with Crippen molar-refractivity contribution in [2.75, 3.05) is 6.54 Å². The molecule has 0 saturated heterocycles. The highest BCUT2D eigenvalue weighted by atomic mass is 16.4. The van der Waals surface area contributed by atoms with E-state index >= 15 is 0 Å². The summed E-state index contributed by atoms with van der Waals surface area (Å²) in [6.45, 7) is 7.35. The predicted molar refractivity (Wildman–Crippen MR) is 83.2 cm³/mol. The highest BCUT2D eigenvalue weighted by molar-refractivity contribution is 6.03. The van der Waals surface area contributed by atoms with Crippen molar-refractivity contribution in [1.29, 1.82) is 0 Å². The van der Waals surface area contributed by atoms with Crippen LogP contribution in [0.3, 0.4) is 0 Å². The lowest BCUT2D eigenvalue weighted by atomic mass is 10.2. The van der Waals surface area contributed by atoms with Crippen LogP contribution in [0.15, 0.2) is 12.4 Å². The molecule has 8 nitrogen and oxygen atoms in total. The monoisotopic (exact) mass is 319 g/mol. The lowest BCUT2D eigenvalue weighted by Crippen LogP contribution is -2.31. The van der Waals surface area contributed by atoms with Crippen molar-refractivity contribution in [2.45, 2.75) is 33.9 Å². The maximum absolute atomic E-state index is 12.7. The van der Waals surface area contributed by atoms with Crippen LogP contribution in [-0.2, 0) is 20.1 Å². The van der Waals surface area contributed by atoms with Crippen LogP contribution < -0.4 is 0 Å². The molecule has 2 aromatic heterocycles. The first-order valence-electron chi connectivity index (χ1n) is 7.46.